The van der Waals surface area contributed by atoms with Gasteiger partial charge < -0.3 is 9.47 Å². The van der Waals surface area contributed by atoms with E-state index in [1.165, 1.54) is 16.7 Å². The third-order valence-electron chi connectivity index (χ3n) is 6.31. The number of rotatable bonds is 11. The molecule has 1 aliphatic rings. The van der Waals surface area contributed by atoms with Crippen molar-refractivity contribution in [3.63, 3.8) is 0 Å². The maximum absolute atomic E-state index is 13.8. The van der Waals surface area contributed by atoms with E-state index in [1.54, 1.807) is 0 Å². The minimum absolute atomic E-state index is 0.151. The number of unbranched alkanes of at least 4 members (excludes halogenated alkanes) is 1. The smallest absolute Gasteiger partial charge is 0.340 e. The van der Waals surface area contributed by atoms with E-state index in [9.17, 15) is 9.18 Å². The first-order chi connectivity index (χ1) is 15.6. The maximum Gasteiger partial charge on any atom is 0.340 e. The highest BCUT2D eigenvalue weighted by molar-refractivity contribution is 5.74. The highest BCUT2D eigenvalue weighted by Crippen LogP contribution is 2.29. The lowest BCUT2D eigenvalue weighted by Gasteiger charge is -2.28. The van der Waals surface area contributed by atoms with Crippen LogP contribution in [-0.2, 0) is 16.0 Å². The SMILES string of the molecule is CCCC[C@H](F)C(=O)OC1CCC(COc2ccc(-c3ccc(CCC)cc3)cc2)CC1. The average Bonchev–Trinajstić information content (AvgIpc) is 2.83. The fraction of sp³-hybridized carbons (Fsp3) is 0.536. The molecule has 1 aliphatic carbocycles. The van der Waals surface area contributed by atoms with Gasteiger partial charge in [-0.25, -0.2) is 9.18 Å². The van der Waals surface area contributed by atoms with E-state index in [1.807, 2.05) is 19.1 Å². The van der Waals surface area contributed by atoms with Gasteiger partial charge in [0.15, 0.2) is 6.17 Å². The minimum atomic E-state index is -1.48. The van der Waals surface area contributed by atoms with Gasteiger partial charge in [0.1, 0.15) is 11.9 Å². The number of esters is 1. The van der Waals surface area contributed by atoms with Crippen molar-refractivity contribution in [3.8, 4) is 16.9 Å². The van der Waals surface area contributed by atoms with E-state index < -0.39 is 12.1 Å². The molecule has 1 saturated carbocycles. The summed E-state index contributed by atoms with van der Waals surface area (Å²) in [5, 5.41) is 0. The van der Waals surface area contributed by atoms with E-state index in [0.717, 1.165) is 50.7 Å². The van der Waals surface area contributed by atoms with E-state index >= 15 is 0 Å². The van der Waals surface area contributed by atoms with Crippen LogP contribution in [0.4, 0.5) is 4.39 Å². The van der Waals surface area contributed by atoms with Gasteiger partial charge in [0.05, 0.1) is 6.61 Å². The van der Waals surface area contributed by atoms with Gasteiger partial charge >= 0.3 is 5.97 Å². The van der Waals surface area contributed by atoms with E-state index in [2.05, 4.69) is 43.3 Å². The van der Waals surface area contributed by atoms with Gasteiger partial charge in [-0.05, 0) is 73.3 Å². The van der Waals surface area contributed by atoms with Crippen LogP contribution in [0.5, 0.6) is 5.75 Å². The number of benzene rings is 2. The van der Waals surface area contributed by atoms with Crippen LogP contribution in [-0.4, -0.2) is 24.9 Å². The van der Waals surface area contributed by atoms with Gasteiger partial charge in [-0.1, -0.05) is 69.5 Å². The summed E-state index contributed by atoms with van der Waals surface area (Å²) in [6.45, 7) is 4.85. The van der Waals surface area contributed by atoms with Crippen molar-refractivity contribution < 1.29 is 18.7 Å². The highest BCUT2D eigenvalue weighted by Gasteiger charge is 2.27. The van der Waals surface area contributed by atoms with Crippen LogP contribution in [0.1, 0.15) is 70.8 Å². The molecule has 3 rings (SSSR count). The molecule has 0 aliphatic heterocycles. The van der Waals surface area contributed by atoms with Crippen molar-refractivity contribution in [2.24, 2.45) is 5.92 Å². The standard InChI is InChI=1S/C28H37FO3/c1-3-5-7-27(29)28(30)32-26-16-10-22(11-17-26)20-31-25-18-14-24(15-19-25)23-12-8-21(6-4-2)9-13-23/h8-9,12-15,18-19,22,26-27H,3-7,10-11,16-17,20H2,1-2H3/t22?,26?,27-/m0/s1. The Kier molecular flexibility index (Phi) is 9.58. The number of carbonyl (C=O) groups is 1. The summed E-state index contributed by atoms with van der Waals surface area (Å²) >= 11 is 0. The zero-order valence-electron chi connectivity index (χ0n) is 19.5. The van der Waals surface area contributed by atoms with Gasteiger partial charge in [-0.15, -0.1) is 0 Å². The Hall–Kier alpha value is -2.36. The summed E-state index contributed by atoms with van der Waals surface area (Å²) in [5.74, 6) is 0.636. The molecular formula is C28H37FO3. The molecule has 3 nitrogen and oxygen atoms in total. The molecule has 4 heteroatoms. The van der Waals surface area contributed by atoms with Crippen molar-refractivity contribution in [3.05, 3.63) is 54.1 Å². The predicted molar refractivity (Wildman–Crippen MR) is 128 cm³/mol. The van der Waals surface area contributed by atoms with E-state index in [-0.39, 0.29) is 12.5 Å². The van der Waals surface area contributed by atoms with Crippen LogP contribution in [0.25, 0.3) is 11.1 Å². The second-order valence-electron chi connectivity index (χ2n) is 8.97. The first-order valence-corrected chi connectivity index (χ1v) is 12.3. The molecule has 0 spiro atoms. The maximum atomic E-state index is 13.8. The second kappa shape index (κ2) is 12.6. The number of halogens is 1. The summed E-state index contributed by atoms with van der Waals surface area (Å²) < 4.78 is 25.2. The number of hydrogen-bond donors (Lipinski definition) is 0. The zero-order valence-corrected chi connectivity index (χ0v) is 19.5. The molecule has 0 heterocycles. The molecule has 0 bridgehead atoms. The Labute approximate surface area is 192 Å². The minimum Gasteiger partial charge on any atom is -0.493 e. The molecule has 0 N–H and O–H groups in total. The fourth-order valence-electron chi connectivity index (χ4n) is 4.27. The van der Waals surface area contributed by atoms with Crippen molar-refractivity contribution in [1.82, 2.24) is 0 Å². The van der Waals surface area contributed by atoms with Crippen molar-refractivity contribution in [2.45, 2.75) is 83.9 Å². The molecule has 2 aromatic carbocycles. The molecule has 0 radical (unpaired) electrons. The van der Waals surface area contributed by atoms with Crippen LogP contribution in [0.15, 0.2) is 48.5 Å². The average molecular weight is 441 g/mol. The van der Waals surface area contributed by atoms with Gasteiger partial charge in [-0.3, -0.25) is 0 Å². The lowest BCUT2D eigenvalue weighted by Crippen LogP contribution is -2.30. The fourth-order valence-corrected chi connectivity index (χ4v) is 4.27. The van der Waals surface area contributed by atoms with Gasteiger partial charge in [0, 0.05) is 0 Å². The predicted octanol–water partition coefficient (Wildman–Crippen LogP) is 7.32. The molecule has 2 aromatic rings. The number of carbonyl (C=O) groups excluding carboxylic acids is 1. The number of alkyl halides is 1. The lowest BCUT2D eigenvalue weighted by atomic mass is 9.88. The molecule has 1 atom stereocenters. The summed E-state index contributed by atoms with van der Waals surface area (Å²) in [6, 6.07) is 17.0. The van der Waals surface area contributed by atoms with E-state index in [0.29, 0.717) is 18.9 Å². The molecule has 0 saturated heterocycles. The Morgan fingerprint density at radius 2 is 1.56 bits per heavy atom. The quantitative estimate of drug-likeness (QED) is 0.344. The van der Waals surface area contributed by atoms with Gasteiger partial charge in [0.25, 0.3) is 0 Å². The molecule has 0 amide bonds. The molecule has 174 valence electrons. The van der Waals surface area contributed by atoms with Crippen molar-refractivity contribution in [1.29, 1.82) is 0 Å². The summed E-state index contributed by atoms with van der Waals surface area (Å²) in [5.41, 5.74) is 3.78. The zero-order chi connectivity index (χ0) is 22.8. The first-order valence-electron chi connectivity index (χ1n) is 12.3. The Bertz CT molecular complexity index is 808. The van der Waals surface area contributed by atoms with Crippen LogP contribution in [0.2, 0.25) is 0 Å². The first kappa shape index (κ1) is 24.3. The normalized spacial score (nSPS) is 19.3. The Balaban J connectivity index is 1.39. The van der Waals surface area contributed by atoms with Crippen LogP contribution in [0, 0.1) is 5.92 Å². The highest BCUT2D eigenvalue weighted by atomic mass is 19.1. The van der Waals surface area contributed by atoms with Gasteiger partial charge in [-0.2, -0.15) is 0 Å². The van der Waals surface area contributed by atoms with Crippen LogP contribution < -0.4 is 4.74 Å². The number of hydrogen-bond acceptors (Lipinski definition) is 3. The topological polar surface area (TPSA) is 35.5 Å². The largest absolute Gasteiger partial charge is 0.493 e. The third kappa shape index (κ3) is 7.36. The molecule has 0 aromatic heterocycles. The van der Waals surface area contributed by atoms with Crippen molar-refractivity contribution in [2.75, 3.05) is 6.61 Å². The third-order valence-corrected chi connectivity index (χ3v) is 6.31. The van der Waals surface area contributed by atoms with E-state index in [4.69, 9.17) is 9.47 Å². The molecule has 0 unspecified atom stereocenters. The summed E-state index contributed by atoms with van der Waals surface area (Å²) in [4.78, 5) is 11.9. The summed E-state index contributed by atoms with van der Waals surface area (Å²) in [7, 11) is 0. The second-order valence-corrected chi connectivity index (χ2v) is 8.97. The molecule has 32 heavy (non-hydrogen) atoms. The monoisotopic (exact) mass is 440 g/mol. The number of aryl methyl sites for hydroxylation is 1. The van der Waals surface area contributed by atoms with Crippen molar-refractivity contribution >= 4 is 5.97 Å². The number of ether oxygens (including phenoxy) is 2. The molecular weight excluding hydrogens is 403 g/mol. The Morgan fingerprint density at radius 1 is 0.938 bits per heavy atom. The van der Waals surface area contributed by atoms with Crippen LogP contribution >= 0.6 is 0 Å². The lowest BCUT2D eigenvalue weighted by molar-refractivity contribution is -0.157. The van der Waals surface area contributed by atoms with Crippen LogP contribution in [0.3, 0.4) is 0 Å². The van der Waals surface area contributed by atoms with Gasteiger partial charge in [0.2, 0.25) is 0 Å². The summed E-state index contributed by atoms with van der Waals surface area (Å²) in [6.07, 6.45) is 5.96. The Morgan fingerprint density at radius 3 is 2.16 bits per heavy atom. The molecule has 1 fully saturated rings.